The van der Waals surface area contributed by atoms with E-state index in [9.17, 15) is 4.79 Å². The molecule has 3 aromatic heterocycles. The van der Waals surface area contributed by atoms with Crippen molar-refractivity contribution >= 4 is 28.3 Å². The quantitative estimate of drug-likeness (QED) is 0.802. The van der Waals surface area contributed by atoms with E-state index in [4.69, 9.17) is 0 Å². The zero-order valence-electron chi connectivity index (χ0n) is 14.0. The van der Waals surface area contributed by atoms with Crippen LogP contribution in [0.1, 0.15) is 40.5 Å². The summed E-state index contributed by atoms with van der Waals surface area (Å²) in [6, 6.07) is 5.86. The Hall–Kier alpha value is -2.21. The Balaban J connectivity index is 2.05. The molecule has 0 atom stereocenters. The average Bonchev–Trinajstić information content (AvgIpc) is 3.08. The van der Waals surface area contributed by atoms with Gasteiger partial charge in [0.1, 0.15) is 0 Å². The second-order valence-corrected chi connectivity index (χ2v) is 7.22. The van der Waals surface area contributed by atoms with Crippen molar-refractivity contribution in [3.8, 4) is 0 Å². The van der Waals surface area contributed by atoms with Gasteiger partial charge in [0.05, 0.1) is 22.2 Å². The van der Waals surface area contributed by atoms with Crippen molar-refractivity contribution in [3.63, 3.8) is 0 Å². The van der Waals surface area contributed by atoms with Crippen LogP contribution in [0.15, 0.2) is 23.6 Å². The molecular weight excluding hydrogens is 308 g/mol. The number of carbonyl (C=O) groups excluding carboxylic acids is 1. The molecular formula is C17H20N4OS. The average molecular weight is 328 g/mol. The predicted octanol–water partition coefficient (Wildman–Crippen LogP) is 3.31. The van der Waals surface area contributed by atoms with Crippen molar-refractivity contribution in [2.75, 3.05) is 0 Å². The molecule has 0 spiro atoms. The number of rotatable bonds is 3. The third-order valence-corrected chi connectivity index (χ3v) is 5.10. The van der Waals surface area contributed by atoms with Crippen molar-refractivity contribution in [2.45, 2.75) is 33.2 Å². The smallest absolute Gasteiger partial charge is 0.252 e. The zero-order valence-corrected chi connectivity index (χ0v) is 14.8. The highest BCUT2D eigenvalue weighted by atomic mass is 32.1. The number of nitrogens with one attached hydrogen (secondary N) is 1. The second-order valence-electron chi connectivity index (χ2n) is 6.28. The molecule has 0 bridgehead atoms. The molecule has 23 heavy (non-hydrogen) atoms. The zero-order chi connectivity index (χ0) is 16.8. The van der Waals surface area contributed by atoms with Crippen LogP contribution in [0.2, 0.25) is 0 Å². The molecule has 0 aromatic carbocycles. The molecule has 5 nitrogen and oxygen atoms in total. The number of pyridine rings is 1. The number of thiophene rings is 1. The third kappa shape index (κ3) is 2.74. The lowest BCUT2D eigenvalue weighted by molar-refractivity contribution is 0.0915. The lowest BCUT2D eigenvalue weighted by atomic mass is 10.0. The van der Waals surface area contributed by atoms with E-state index in [0.29, 0.717) is 5.56 Å². The van der Waals surface area contributed by atoms with Gasteiger partial charge >= 0.3 is 0 Å². The molecule has 0 aliphatic carbocycles. The summed E-state index contributed by atoms with van der Waals surface area (Å²) in [5.74, 6) is -0.102. The maximum absolute atomic E-state index is 12.9. The van der Waals surface area contributed by atoms with Crippen LogP contribution in [0.25, 0.3) is 11.0 Å². The fraction of sp³-hybridized carbons (Fsp3) is 0.353. The minimum atomic E-state index is -0.426. The van der Waals surface area contributed by atoms with E-state index in [1.165, 1.54) is 0 Å². The van der Waals surface area contributed by atoms with E-state index in [1.807, 2.05) is 58.3 Å². The van der Waals surface area contributed by atoms with E-state index in [-0.39, 0.29) is 5.91 Å². The number of amides is 1. The number of aryl methyl sites for hydroxylation is 3. The Morgan fingerprint density at radius 2 is 2.09 bits per heavy atom. The van der Waals surface area contributed by atoms with Crippen LogP contribution < -0.4 is 5.32 Å². The topological polar surface area (TPSA) is 59.8 Å². The number of nitrogens with zero attached hydrogens (tertiary/aromatic N) is 3. The van der Waals surface area contributed by atoms with E-state index in [1.54, 1.807) is 16.0 Å². The van der Waals surface area contributed by atoms with Gasteiger partial charge in [0, 0.05) is 17.6 Å². The highest BCUT2D eigenvalue weighted by Crippen LogP contribution is 2.27. The Labute approximate surface area is 139 Å². The normalized spacial score (nSPS) is 11.9. The van der Waals surface area contributed by atoms with Gasteiger partial charge in [-0.15, -0.1) is 11.3 Å². The summed E-state index contributed by atoms with van der Waals surface area (Å²) in [5.41, 5.74) is 2.56. The first-order valence-corrected chi connectivity index (χ1v) is 8.35. The minimum Gasteiger partial charge on any atom is -0.342 e. The highest BCUT2D eigenvalue weighted by molar-refractivity contribution is 7.10. The Morgan fingerprint density at radius 1 is 1.35 bits per heavy atom. The van der Waals surface area contributed by atoms with E-state index in [0.717, 1.165) is 27.3 Å². The standard InChI is InChI=1S/C17H20N4OS/c1-10-9-12(14-11(2)20-21(5)15(14)18-10)16(22)19-17(3,4)13-7-6-8-23-13/h6-9H,1-5H3,(H,19,22). The van der Waals surface area contributed by atoms with Crippen LogP contribution in [-0.4, -0.2) is 20.7 Å². The van der Waals surface area contributed by atoms with Gasteiger partial charge in [-0.2, -0.15) is 5.10 Å². The highest BCUT2D eigenvalue weighted by Gasteiger charge is 2.26. The molecule has 3 heterocycles. The molecule has 1 N–H and O–H groups in total. The van der Waals surface area contributed by atoms with Crippen molar-refractivity contribution in [3.05, 3.63) is 45.4 Å². The van der Waals surface area contributed by atoms with Crippen LogP contribution in [0.3, 0.4) is 0 Å². The molecule has 120 valence electrons. The van der Waals surface area contributed by atoms with Crippen molar-refractivity contribution in [1.82, 2.24) is 20.1 Å². The molecule has 0 saturated carbocycles. The van der Waals surface area contributed by atoms with Crippen LogP contribution in [0.4, 0.5) is 0 Å². The third-order valence-electron chi connectivity index (χ3n) is 3.90. The minimum absolute atomic E-state index is 0.102. The molecule has 0 aliphatic rings. The molecule has 0 saturated heterocycles. The van der Waals surface area contributed by atoms with Gasteiger partial charge in [-0.05, 0) is 45.2 Å². The monoisotopic (exact) mass is 328 g/mol. The van der Waals surface area contributed by atoms with Gasteiger partial charge < -0.3 is 5.32 Å². The summed E-state index contributed by atoms with van der Waals surface area (Å²) in [5, 5.41) is 10.4. The van der Waals surface area contributed by atoms with Crippen LogP contribution in [0.5, 0.6) is 0 Å². The first kappa shape index (κ1) is 15.7. The fourth-order valence-corrected chi connectivity index (χ4v) is 3.60. The summed E-state index contributed by atoms with van der Waals surface area (Å²) < 4.78 is 1.72. The Kier molecular flexibility index (Phi) is 3.72. The van der Waals surface area contributed by atoms with Crippen molar-refractivity contribution in [2.24, 2.45) is 7.05 Å². The lowest BCUT2D eigenvalue weighted by Crippen LogP contribution is -2.40. The van der Waals surface area contributed by atoms with Gasteiger partial charge in [0.25, 0.3) is 5.91 Å². The predicted molar refractivity (Wildman–Crippen MR) is 92.8 cm³/mol. The van der Waals surface area contributed by atoms with Crippen molar-refractivity contribution in [1.29, 1.82) is 0 Å². The van der Waals surface area contributed by atoms with Crippen molar-refractivity contribution < 1.29 is 4.79 Å². The van der Waals surface area contributed by atoms with Gasteiger partial charge in [-0.25, -0.2) is 4.98 Å². The SMILES string of the molecule is Cc1cc(C(=O)NC(C)(C)c2cccs2)c2c(C)nn(C)c2n1. The summed E-state index contributed by atoms with van der Waals surface area (Å²) in [4.78, 5) is 18.5. The van der Waals surface area contributed by atoms with Gasteiger partial charge in [0.15, 0.2) is 5.65 Å². The number of fused-ring (bicyclic) bond motifs is 1. The van der Waals surface area contributed by atoms with E-state index < -0.39 is 5.54 Å². The molecule has 0 radical (unpaired) electrons. The molecule has 1 amide bonds. The Bertz CT molecular complexity index is 878. The maximum Gasteiger partial charge on any atom is 0.252 e. The summed E-state index contributed by atoms with van der Waals surface area (Å²) in [6.45, 7) is 7.82. The maximum atomic E-state index is 12.9. The fourth-order valence-electron chi connectivity index (χ4n) is 2.80. The molecule has 0 fully saturated rings. The van der Waals surface area contributed by atoms with Gasteiger partial charge in [-0.3, -0.25) is 9.48 Å². The van der Waals surface area contributed by atoms with E-state index in [2.05, 4.69) is 15.4 Å². The van der Waals surface area contributed by atoms with E-state index >= 15 is 0 Å². The lowest BCUT2D eigenvalue weighted by Gasteiger charge is -2.25. The van der Waals surface area contributed by atoms with Crippen LogP contribution >= 0.6 is 11.3 Å². The molecule has 0 unspecified atom stereocenters. The molecule has 3 aromatic rings. The first-order valence-electron chi connectivity index (χ1n) is 7.47. The van der Waals surface area contributed by atoms with Gasteiger partial charge in [-0.1, -0.05) is 6.07 Å². The largest absolute Gasteiger partial charge is 0.342 e. The number of aromatic nitrogens is 3. The second kappa shape index (κ2) is 5.45. The van der Waals surface area contributed by atoms with Crippen LogP contribution in [-0.2, 0) is 12.6 Å². The number of hydrogen-bond donors (Lipinski definition) is 1. The summed E-state index contributed by atoms with van der Waals surface area (Å²) in [6.07, 6.45) is 0. The number of hydrogen-bond acceptors (Lipinski definition) is 4. The first-order chi connectivity index (χ1) is 10.8. The van der Waals surface area contributed by atoms with Crippen LogP contribution in [0, 0.1) is 13.8 Å². The summed E-state index contributed by atoms with van der Waals surface area (Å²) in [7, 11) is 1.85. The Morgan fingerprint density at radius 3 is 2.74 bits per heavy atom. The number of carbonyl (C=O) groups is 1. The molecule has 6 heteroatoms. The van der Waals surface area contributed by atoms with Gasteiger partial charge in [0.2, 0.25) is 0 Å². The molecule has 3 rings (SSSR count). The molecule has 0 aliphatic heterocycles. The summed E-state index contributed by atoms with van der Waals surface area (Å²) >= 11 is 1.64.